The van der Waals surface area contributed by atoms with Crippen molar-refractivity contribution in [2.45, 2.75) is 20.4 Å². The number of quaternary nitrogens is 1. The van der Waals surface area contributed by atoms with Crippen molar-refractivity contribution in [2.24, 2.45) is 0 Å². The van der Waals surface area contributed by atoms with Crippen molar-refractivity contribution in [2.75, 3.05) is 20.1 Å². The second-order valence-electron chi connectivity index (χ2n) is 7.59. The first-order chi connectivity index (χ1) is 14.0. The van der Waals surface area contributed by atoms with Crippen molar-refractivity contribution in [3.63, 3.8) is 0 Å². The molecular formula is C23H25N4O2+. The van der Waals surface area contributed by atoms with E-state index in [-0.39, 0.29) is 11.8 Å². The molecule has 6 nitrogen and oxygen atoms in total. The molecule has 2 heterocycles. The van der Waals surface area contributed by atoms with Crippen LogP contribution < -0.4 is 4.90 Å². The first kappa shape index (κ1) is 19.1. The van der Waals surface area contributed by atoms with Crippen LogP contribution >= 0.6 is 0 Å². The molecule has 1 N–H and O–H groups in total. The van der Waals surface area contributed by atoms with Gasteiger partial charge in [0, 0.05) is 0 Å². The molecule has 148 valence electrons. The molecule has 2 amide bonds. The highest BCUT2D eigenvalue weighted by Gasteiger charge is 2.35. The number of carbonyl (C=O) groups excluding carboxylic acids is 2. The molecule has 0 aliphatic carbocycles. The summed E-state index contributed by atoms with van der Waals surface area (Å²) in [4.78, 5) is 27.6. The fourth-order valence-corrected chi connectivity index (χ4v) is 3.89. The average Bonchev–Trinajstić information content (AvgIpc) is 3.15. The van der Waals surface area contributed by atoms with Gasteiger partial charge in [-0.25, -0.2) is 4.68 Å². The molecule has 6 heteroatoms. The minimum Gasteiger partial charge on any atom is -0.332 e. The number of carbonyl (C=O) groups is 2. The number of para-hydroxylation sites is 1. The van der Waals surface area contributed by atoms with Gasteiger partial charge in [0.05, 0.1) is 53.9 Å². The maximum Gasteiger partial charge on any atom is 0.261 e. The van der Waals surface area contributed by atoms with Crippen LogP contribution in [0.1, 0.15) is 37.7 Å². The van der Waals surface area contributed by atoms with Crippen LogP contribution in [-0.2, 0) is 6.54 Å². The zero-order valence-electron chi connectivity index (χ0n) is 17.0. The van der Waals surface area contributed by atoms with Crippen molar-refractivity contribution in [3.05, 3.63) is 82.7 Å². The monoisotopic (exact) mass is 389 g/mol. The molecule has 0 bridgehead atoms. The highest BCUT2D eigenvalue weighted by molar-refractivity contribution is 6.21. The normalized spacial score (nSPS) is 14.4. The van der Waals surface area contributed by atoms with E-state index in [0.29, 0.717) is 24.2 Å². The van der Waals surface area contributed by atoms with E-state index in [2.05, 4.69) is 14.0 Å². The smallest absolute Gasteiger partial charge is 0.261 e. The van der Waals surface area contributed by atoms with Gasteiger partial charge in [-0.15, -0.1) is 0 Å². The number of fused-ring (bicyclic) bond motifs is 1. The van der Waals surface area contributed by atoms with Crippen molar-refractivity contribution >= 4 is 11.8 Å². The lowest BCUT2D eigenvalue weighted by molar-refractivity contribution is -0.893. The van der Waals surface area contributed by atoms with Crippen LogP contribution in [0.25, 0.3) is 5.69 Å². The lowest BCUT2D eigenvalue weighted by Crippen LogP contribution is -3.08. The van der Waals surface area contributed by atoms with Gasteiger partial charge in [0.25, 0.3) is 11.8 Å². The maximum absolute atomic E-state index is 12.5. The molecule has 1 unspecified atom stereocenters. The Morgan fingerprint density at radius 1 is 0.897 bits per heavy atom. The van der Waals surface area contributed by atoms with E-state index in [9.17, 15) is 9.59 Å². The summed E-state index contributed by atoms with van der Waals surface area (Å²) in [6, 6.07) is 17.1. The van der Waals surface area contributed by atoms with Crippen LogP contribution in [0.3, 0.4) is 0 Å². The lowest BCUT2D eigenvalue weighted by Gasteiger charge is -2.18. The Balaban J connectivity index is 1.44. The molecule has 3 aromatic rings. The van der Waals surface area contributed by atoms with Crippen LogP contribution in [0.15, 0.2) is 54.6 Å². The summed E-state index contributed by atoms with van der Waals surface area (Å²) < 4.78 is 1.97. The molecule has 1 aliphatic rings. The first-order valence-electron chi connectivity index (χ1n) is 9.84. The number of hydrogen-bond acceptors (Lipinski definition) is 3. The summed E-state index contributed by atoms with van der Waals surface area (Å²) in [5, 5.41) is 4.71. The summed E-state index contributed by atoms with van der Waals surface area (Å²) in [7, 11) is 2.08. The number of imide groups is 1. The zero-order chi connectivity index (χ0) is 20.5. The molecule has 1 atom stereocenters. The predicted octanol–water partition coefficient (Wildman–Crippen LogP) is 1.80. The number of benzene rings is 2. The topological polar surface area (TPSA) is 59.6 Å². The molecule has 0 saturated heterocycles. The van der Waals surface area contributed by atoms with Gasteiger partial charge in [-0.05, 0) is 38.1 Å². The third-order valence-corrected chi connectivity index (χ3v) is 5.56. The van der Waals surface area contributed by atoms with Crippen LogP contribution in [0.4, 0.5) is 0 Å². The fraction of sp³-hybridized carbons (Fsp3) is 0.261. The molecule has 1 aromatic heterocycles. The quantitative estimate of drug-likeness (QED) is 0.654. The van der Waals surface area contributed by atoms with E-state index in [1.807, 2.05) is 41.9 Å². The average molecular weight is 389 g/mol. The van der Waals surface area contributed by atoms with E-state index in [4.69, 9.17) is 5.10 Å². The Morgan fingerprint density at radius 2 is 1.48 bits per heavy atom. The van der Waals surface area contributed by atoms with E-state index in [0.717, 1.165) is 23.6 Å². The molecule has 0 fully saturated rings. The molecule has 0 spiro atoms. The maximum atomic E-state index is 12.5. The van der Waals surface area contributed by atoms with Crippen molar-refractivity contribution in [1.82, 2.24) is 14.7 Å². The van der Waals surface area contributed by atoms with Gasteiger partial charge in [-0.3, -0.25) is 14.5 Å². The second-order valence-corrected chi connectivity index (χ2v) is 7.59. The molecule has 1 aliphatic heterocycles. The first-order valence-corrected chi connectivity index (χ1v) is 9.84. The summed E-state index contributed by atoms with van der Waals surface area (Å²) >= 11 is 0. The van der Waals surface area contributed by atoms with E-state index < -0.39 is 0 Å². The van der Waals surface area contributed by atoms with Crippen LogP contribution in [0, 0.1) is 13.8 Å². The van der Waals surface area contributed by atoms with E-state index in [1.165, 1.54) is 15.4 Å². The summed E-state index contributed by atoms with van der Waals surface area (Å²) in [5.41, 5.74) is 5.38. The minimum atomic E-state index is -0.192. The van der Waals surface area contributed by atoms with Crippen molar-refractivity contribution in [3.8, 4) is 5.69 Å². The number of rotatable bonds is 6. The van der Waals surface area contributed by atoms with E-state index in [1.54, 1.807) is 24.3 Å². The molecule has 29 heavy (non-hydrogen) atoms. The third kappa shape index (κ3) is 3.47. The summed E-state index contributed by atoms with van der Waals surface area (Å²) in [6.45, 7) is 5.98. The number of nitrogens with zero attached hydrogens (tertiary/aromatic N) is 3. The molecule has 0 radical (unpaired) electrons. The molecule has 2 aromatic carbocycles. The van der Waals surface area contributed by atoms with Crippen LogP contribution in [-0.4, -0.2) is 46.6 Å². The SMILES string of the molecule is Cc1nn(-c2ccccc2)c(C)c1C[NH+](C)CCN1C(=O)c2ccccc2C1=O. The minimum absolute atomic E-state index is 0.192. The summed E-state index contributed by atoms with van der Waals surface area (Å²) in [5.74, 6) is -0.384. The fourth-order valence-electron chi connectivity index (χ4n) is 3.89. The Hall–Kier alpha value is -3.25. The number of aromatic nitrogens is 2. The Bertz CT molecular complexity index is 1040. The van der Waals surface area contributed by atoms with Crippen LogP contribution in [0.2, 0.25) is 0 Å². The Labute approximate surface area is 170 Å². The van der Waals surface area contributed by atoms with Crippen molar-refractivity contribution in [1.29, 1.82) is 0 Å². The summed E-state index contributed by atoms with van der Waals surface area (Å²) in [6.07, 6.45) is 0. The van der Waals surface area contributed by atoms with E-state index >= 15 is 0 Å². The second kappa shape index (κ2) is 7.64. The van der Waals surface area contributed by atoms with Gasteiger partial charge in [0.1, 0.15) is 6.54 Å². The van der Waals surface area contributed by atoms with Gasteiger partial charge in [0.2, 0.25) is 0 Å². The molecule has 0 saturated carbocycles. The standard InChI is InChI=1S/C23H24N4O2/c1-16-21(17(2)27(24-16)18-9-5-4-6-10-18)15-25(3)13-14-26-22(28)19-11-7-8-12-20(19)23(26)29/h4-12H,13-15H2,1-3H3/p+1. The highest BCUT2D eigenvalue weighted by Crippen LogP contribution is 2.21. The zero-order valence-corrected chi connectivity index (χ0v) is 17.0. The number of hydrogen-bond donors (Lipinski definition) is 1. The third-order valence-electron chi connectivity index (χ3n) is 5.56. The number of likely N-dealkylation sites (N-methyl/N-ethyl adjacent to an activating group) is 1. The van der Waals surface area contributed by atoms with Gasteiger partial charge in [-0.2, -0.15) is 5.10 Å². The van der Waals surface area contributed by atoms with Crippen LogP contribution in [0.5, 0.6) is 0 Å². The Kier molecular flexibility index (Phi) is 5.03. The molecule has 4 rings (SSSR count). The highest BCUT2D eigenvalue weighted by atomic mass is 16.2. The number of aryl methyl sites for hydroxylation is 1. The predicted molar refractivity (Wildman–Crippen MR) is 110 cm³/mol. The lowest BCUT2D eigenvalue weighted by atomic mass is 10.1. The van der Waals surface area contributed by atoms with Gasteiger partial charge in [-0.1, -0.05) is 30.3 Å². The van der Waals surface area contributed by atoms with Crippen molar-refractivity contribution < 1.29 is 14.5 Å². The Morgan fingerprint density at radius 3 is 2.10 bits per heavy atom. The largest absolute Gasteiger partial charge is 0.332 e. The van der Waals surface area contributed by atoms with Gasteiger partial charge >= 0.3 is 0 Å². The number of nitrogens with one attached hydrogen (secondary N) is 1. The van der Waals surface area contributed by atoms with Gasteiger partial charge < -0.3 is 4.90 Å². The number of amides is 2. The van der Waals surface area contributed by atoms with Gasteiger partial charge in [0.15, 0.2) is 0 Å². The molecular weight excluding hydrogens is 364 g/mol.